The molecule has 0 aliphatic carbocycles. The fourth-order valence-corrected chi connectivity index (χ4v) is 0. The summed E-state index contributed by atoms with van der Waals surface area (Å²) in [6, 6.07) is 0. The van der Waals surface area contributed by atoms with Crippen LogP contribution in [0.2, 0.25) is 0 Å². The minimum absolute atomic E-state index is 0. The second-order valence-corrected chi connectivity index (χ2v) is 1.54. The van der Waals surface area contributed by atoms with Gasteiger partial charge in [0.05, 0.1) is 0 Å². The molecule has 0 radical (unpaired) electrons. The first kappa shape index (κ1) is 22.4. The van der Waals surface area contributed by atoms with Crippen LogP contribution in [-0.4, -0.2) is 75.5 Å². The molecule has 0 aromatic carbocycles. The first-order valence-electron chi connectivity index (χ1n) is 0.783. The van der Waals surface area contributed by atoms with Crippen LogP contribution in [0.15, 0.2) is 0 Å². The van der Waals surface area contributed by atoms with Crippen LogP contribution >= 0.6 is 7.82 Å². The predicted molar refractivity (Wildman–Crippen MR) is 31.4 cm³/mol. The summed E-state index contributed by atoms with van der Waals surface area (Å²) < 4.78 is 8.88. The van der Waals surface area contributed by atoms with Gasteiger partial charge >= 0.3 is 68.6 Å². The Bertz CT molecular complexity index is 62.2. The molecule has 0 heterocycles. The summed E-state index contributed by atoms with van der Waals surface area (Å²) in [5.74, 6) is 0. The van der Waals surface area contributed by atoms with E-state index in [1.54, 1.807) is 0 Å². The van der Waals surface area contributed by atoms with Gasteiger partial charge in [0.1, 0.15) is 0 Å². The molecule has 4 nitrogen and oxygen atoms in total. The molecule has 0 saturated carbocycles. The monoisotopic (exact) mass is 222 g/mol. The van der Waals surface area contributed by atoms with Gasteiger partial charge in [0.15, 0.2) is 0 Å². The Morgan fingerprint density at radius 3 is 1.12 bits per heavy atom. The smallest absolute Gasteiger partial charge is 0 e. The maximum atomic E-state index is 8.88. The maximum Gasteiger partial charge on any atom is 0.316 e. The van der Waals surface area contributed by atoms with Crippen LogP contribution in [0.4, 0.5) is 0 Å². The zero-order chi connectivity index (χ0) is 4.50. The summed E-state index contributed by atoms with van der Waals surface area (Å²) in [6.45, 7) is 0. The van der Waals surface area contributed by atoms with E-state index in [-0.39, 0.29) is 77.9 Å². The standard InChI is InChI=1S/Ca.Fe.Mg.H3O4P.4H/c;;;1-5(2,3)4;;;;/h;;;(H3,1,2,3,4);;;;. The van der Waals surface area contributed by atoms with Gasteiger partial charge in [0, 0.05) is 17.1 Å². The van der Waals surface area contributed by atoms with Gasteiger partial charge in [-0.3, -0.25) is 0 Å². The van der Waals surface area contributed by atoms with Gasteiger partial charge < -0.3 is 14.7 Å². The van der Waals surface area contributed by atoms with Crippen molar-refractivity contribution in [2.45, 2.75) is 0 Å². The van der Waals surface area contributed by atoms with Crippen LogP contribution in [-0.2, 0) is 21.6 Å². The van der Waals surface area contributed by atoms with E-state index >= 15 is 0 Å². The molecule has 0 saturated heterocycles. The molecule has 8 heavy (non-hydrogen) atoms. The van der Waals surface area contributed by atoms with E-state index in [1.807, 2.05) is 0 Å². The van der Waals surface area contributed by atoms with Crippen LogP contribution in [0.3, 0.4) is 0 Å². The first-order chi connectivity index (χ1) is 2.00. The molecule has 0 aromatic rings. The number of phosphoric acid groups is 1. The first-order valence-corrected chi connectivity index (χ1v) is 2.35. The van der Waals surface area contributed by atoms with Gasteiger partial charge in [-0.2, -0.15) is 0 Å². The van der Waals surface area contributed by atoms with E-state index in [0.29, 0.717) is 0 Å². The zero-order valence-electron chi connectivity index (χ0n) is 2.55. The van der Waals surface area contributed by atoms with Crippen molar-refractivity contribution in [3.63, 3.8) is 0 Å². The molecular weight excluding hydrogens is 215 g/mol. The molecule has 0 amide bonds. The van der Waals surface area contributed by atoms with Crippen molar-refractivity contribution in [3.05, 3.63) is 0 Å². The molecule has 0 aliphatic heterocycles. The Morgan fingerprint density at radius 2 is 1.12 bits per heavy atom. The minimum Gasteiger partial charge on any atom is 0 e. The van der Waals surface area contributed by atoms with E-state index in [2.05, 4.69) is 0 Å². The van der Waals surface area contributed by atoms with Gasteiger partial charge in [-0.15, -0.1) is 0 Å². The third-order valence-corrected chi connectivity index (χ3v) is 0. The molecular formula is H7CaFeMgO4P. The summed E-state index contributed by atoms with van der Waals surface area (Å²) in [5.41, 5.74) is 0. The van der Waals surface area contributed by atoms with Crippen molar-refractivity contribution in [1.82, 2.24) is 0 Å². The Balaban J connectivity index is -0.0000000267. The molecule has 8 heteroatoms. The number of hydrogen-bond acceptors (Lipinski definition) is 1. The van der Waals surface area contributed by atoms with Gasteiger partial charge in [-0.1, -0.05) is 0 Å². The van der Waals surface area contributed by atoms with E-state index < -0.39 is 7.82 Å². The third-order valence-electron chi connectivity index (χ3n) is 0. The van der Waals surface area contributed by atoms with E-state index in [4.69, 9.17) is 19.2 Å². The molecule has 0 atom stereocenters. The van der Waals surface area contributed by atoms with Gasteiger partial charge in [-0.05, 0) is 0 Å². The predicted octanol–water partition coefficient (Wildman–Crippen LogP) is -2.76. The summed E-state index contributed by atoms with van der Waals surface area (Å²) in [7, 11) is -4.64. The maximum absolute atomic E-state index is 8.88. The average Bonchev–Trinajstić information content (AvgIpc) is 0.722. The van der Waals surface area contributed by atoms with E-state index in [1.165, 1.54) is 0 Å². The Labute approximate surface area is 103 Å². The molecule has 0 aliphatic rings. The summed E-state index contributed by atoms with van der Waals surface area (Å²) >= 11 is 0. The fraction of sp³-hybridized carbons (Fsp3) is 0. The molecule has 0 fully saturated rings. The zero-order valence-corrected chi connectivity index (χ0v) is 4.55. The molecule has 0 bridgehead atoms. The van der Waals surface area contributed by atoms with Crippen LogP contribution in [0, 0.1) is 0 Å². The normalized spacial score (nSPS) is 7.38. The van der Waals surface area contributed by atoms with Crippen molar-refractivity contribution in [3.8, 4) is 0 Å². The Kier molecular flexibility index (Phi) is 27.1. The fourth-order valence-electron chi connectivity index (χ4n) is 0. The van der Waals surface area contributed by atoms with Gasteiger partial charge in [-0.25, -0.2) is 4.57 Å². The molecule has 3 N–H and O–H groups in total. The van der Waals surface area contributed by atoms with Crippen LogP contribution in [0.5, 0.6) is 0 Å². The van der Waals surface area contributed by atoms with Gasteiger partial charge in [0.25, 0.3) is 0 Å². The van der Waals surface area contributed by atoms with Gasteiger partial charge in [0.2, 0.25) is 0 Å². The Morgan fingerprint density at radius 1 is 1.12 bits per heavy atom. The second kappa shape index (κ2) is 9.66. The quantitative estimate of drug-likeness (QED) is 0.306. The van der Waals surface area contributed by atoms with Crippen molar-refractivity contribution in [1.29, 1.82) is 0 Å². The molecule has 0 rings (SSSR count). The number of hydrogen-bond donors (Lipinski definition) is 3. The van der Waals surface area contributed by atoms with E-state index in [0.717, 1.165) is 0 Å². The molecule has 0 unspecified atom stereocenters. The third kappa shape index (κ3) is 71.9. The molecule has 48 valence electrons. The van der Waals surface area contributed by atoms with Crippen molar-refractivity contribution in [2.24, 2.45) is 0 Å². The van der Waals surface area contributed by atoms with Crippen LogP contribution in [0.1, 0.15) is 0 Å². The molecule has 0 spiro atoms. The van der Waals surface area contributed by atoms with Crippen molar-refractivity contribution >= 4 is 68.6 Å². The van der Waals surface area contributed by atoms with Crippen molar-refractivity contribution in [2.75, 3.05) is 0 Å². The Hall–Kier alpha value is 2.66. The molecule has 0 aromatic heterocycles. The summed E-state index contributed by atoms with van der Waals surface area (Å²) in [5, 5.41) is 0. The average molecular weight is 222 g/mol. The van der Waals surface area contributed by atoms with Crippen LogP contribution < -0.4 is 0 Å². The summed E-state index contributed by atoms with van der Waals surface area (Å²) in [6.07, 6.45) is 0. The SMILES string of the molecule is O=P(O)(O)O.[CaH2].[Fe].[MgH2]. The topological polar surface area (TPSA) is 77.8 Å². The van der Waals surface area contributed by atoms with Crippen LogP contribution in [0.25, 0.3) is 0 Å². The summed E-state index contributed by atoms with van der Waals surface area (Å²) in [4.78, 5) is 21.6. The minimum atomic E-state index is -4.64. The largest absolute Gasteiger partial charge is 0.316 e. The second-order valence-electron chi connectivity index (χ2n) is 0.513. The van der Waals surface area contributed by atoms with E-state index in [9.17, 15) is 0 Å². The number of rotatable bonds is 0. The van der Waals surface area contributed by atoms with Crippen molar-refractivity contribution < 1.29 is 36.3 Å².